The molecule has 0 bridgehead atoms. The van der Waals surface area contributed by atoms with Crippen LogP contribution < -0.4 is 14.8 Å². The molecule has 1 atom stereocenters. The van der Waals surface area contributed by atoms with Crippen molar-refractivity contribution in [3.05, 3.63) is 76.6 Å². The highest BCUT2D eigenvalue weighted by molar-refractivity contribution is 5.79. The van der Waals surface area contributed by atoms with Crippen molar-refractivity contribution in [1.82, 2.24) is 15.1 Å². The molecule has 2 aromatic carbocycles. The van der Waals surface area contributed by atoms with E-state index >= 15 is 0 Å². The van der Waals surface area contributed by atoms with Gasteiger partial charge in [-0.3, -0.25) is 9.48 Å². The summed E-state index contributed by atoms with van der Waals surface area (Å²) < 4.78 is 12.6. The summed E-state index contributed by atoms with van der Waals surface area (Å²) in [7, 11) is 3.30. The molecule has 0 aliphatic carbocycles. The molecule has 1 heterocycles. The number of hydrogen-bond donors (Lipinski definition) is 1. The van der Waals surface area contributed by atoms with Crippen molar-refractivity contribution in [2.75, 3.05) is 14.2 Å². The van der Waals surface area contributed by atoms with Gasteiger partial charge in [-0.15, -0.1) is 0 Å². The maximum absolute atomic E-state index is 13.2. The first-order chi connectivity index (χ1) is 15.8. The van der Waals surface area contributed by atoms with Gasteiger partial charge in [0.25, 0.3) is 0 Å². The number of aryl methyl sites for hydroxylation is 1. The average molecular weight is 450 g/mol. The van der Waals surface area contributed by atoms with Gasteiger partial charge in [0.1, 0.15) is 11.5 Å². The summed E-state index contributed by atoms with van der Waals surface area (Å²) in [5.41, 5.74) is 5.14. The van der Waals surface area contributed by atoms with Crippen LogP contribution in [0.15, 0.2) is 48.5 Å². The first-order valence-corrected chi connectivity index (χ1v) is 11.4. The number of methoxy groups -OCH3 is 2. The molecular weight excluding hydrogens is 414 g/mol. The summed E-state index contributed by atoms with van der Waals surface area (Å²) in [6, 6.07) is 15.6. The molecule has 0 saturated heterocycles. The van der Waals surface area contributed by atoms with Gasteiger partial charge in [0.15, 0.2) is 0 Å². The predicted molar refractivity (Wildman–Crippen MR) is 131 cm³/mol. The largest absolute Gasteiger partial charge is 0.497 e. The third-order valence-corrected chi connectivity index (χ3v) is 5.86. The number of rotatable bonds is 10. The number of aromatic nitrogens is 2. The van der Waals surface area contributed by atoms with Crippen LogP contribution in [0.5, 0.6) is 11.5 Å². The molecule has 1 amide bonds. The van der Waals surface area contributed by atoms with E-state index in [4.69, 9.17) is 9.47 Å². The van der Waals surface area contributed by atoms with E-state index in [1.54, 1.807) is 14.2 Å². The van der Waals surface area contributed by atoms with E-state index in [2.05, 4.69) is 24.3 Å². The van der Waals surface area contributed by atoms with Crippen molar-refractivity contribution in [3.63, 3.8) is 0 Å². The Balaban J connectivity index is 1.80. The Labute approximate surface area is 196 Å². The second-order valence-electron chi connectivity index (χ2n) is 8.85. The normalized spacial score (nSPS) is 12.0. The van der Waals surface area contributed by atoms with Gasteiger partial charge in [-0.2, -0.15) is 5.10 Å². The van der Waals surface area contributed by atoms with Gasteiger partial charge in [-0.05, 0) is 61.6 Å². The quantitative estimate of drug-likeness (QED) is 0.482. The third kappa shape index (κ3) is 6.37. The lowest BCUT2D eigenvalue weighted by molar-refractivity contribution is -0.121. The van der Waals surface area contributed by atoms with Crippen molar-refractivity contribution in [3.8, 4) is 11.5 Å². The van der Waals surface area contributed by atoms with E-state index in [1.807, 2.05) is 67.1 Å². The number of carbonyl (C=O) groups excluding carboxylic acids is 1. The second-order valence-corrected chi connectivity index (χ2v) is 8.85. The number of hydrogen-bond acceptors (Lipinski definition) is 4. The summed E-state index contributed by atoms with van der Waals surface area (Å²) in [4.78, 5) is 13.2. The van der Waals surface area contributed by atoms with Crippen LogP contribution in [-0.2, 0) is 24.2 Å². The maximum atomic E-state index is 13.2. The molecule has 0 fully saturated rings. The summed E-state index contributed by atoms with van der Waals surface area (Å²) in [6.07, 6.45) is 0.984. The van der Waals surface area contributed by atoms with Gasteiger partial charge < -0.3 is 14.8 Å². The van der Waals surface area contributed by atoms with Crippen molar-refractivity contribution < 1.29 is 14.3 Å². The maximum Gasteiger partial charge on any atom is 0.225 e. The average Bonchev–Trinajstić information content (AvgIpc) is 3.06. The number of nitrogens with one attached hydrogen (secondary N) is 1. The molecule has 0 aliphatic heterocycles. The van der Waals surface area contributed by atoms with Crippen LogP contribution in [0, 0.1) is 19.8 Å². The Hall–Kier alpha value is -3.28. The number of ether oxygens (including phenoxy) is 2. The molecule has 3 rings (SSSR count). The molecule has 33 heavy (non-hydrogen) atoms. The van der Waals surface area contributed by atoms with Crippen molar-refractivity contribution in [2.45, 2.75) is 53.1 Å². The van der Waals surface area contributed by atoms with E-state index in [0.29, 0.717) is 18.8 Å². The van der Waals surface area contributed by atoms with Crippen molar-refractivity contribution in [1.29, 1.82) is 0 Å². The first-order valence-electron chi connectivity index (χ1n) is 11.4. The molecular formula is C27H35N3O3. The number of amides is 1. The van der Waals surface area contributed by atoms with Crippen LogP contribution >= 0.6 is 0 Å². The Morgan fingerprint density at radius 2 is 1.55 bits per heavy atom. The molecule has 1 N–H and O–H groups in total. The molecule has 3 aromatic rings. The molecule has 176 valence electrons. The minimum Gasteiger partial charge on any atom is -0.497 e. The Morgan fingerprint density at radius 1 is 0.970 bits per heavy atom. The van der Waals surface area contributed by atoms with Crippen LogP contribution in [0.25, 0.3) is 0 Å². The van der Waals surface area contributed by atoms with Gasteiger partial charge in [-0.1, -0.05) is 38.1 Å². The molecule has 6 nitrogen and oxygen atoms in total. The van der Waals surface area contributed by atoms with Crippen LogP contribution in [0.2, 0.25) is 0 Å². The van der Waals surface area contributed by atoms with E-state index in [9.17, 15) is 4.79 Å². The molecule has 6 heteroatoms. The minimum atomic E-state index is -0.164. The fraction of sp³-hybridized carbons (Fsp3) is 0.407. The zero-order valence-corrected chi connectivity index (χ0v) is 20.5. The molecule has 0 unspecified atom stereocenters. The Kier molecular flexibility index (Phi) is 8.15. The van der Waals surface area contributed by atoms with Crippen LogP contribution in [0.1, 0.15) is 48.0 Å². The molecule has 0 radical (unpaired) electrons. The van der Waals surface area contributed by atoms with E-state index in [0.717, 1.165) is 46.1 Å². The Morgan fingerprint density at radius 3 is 2.09 bits per heavy atom. The topological polar surface area (TPSA) is 65.4 Å². The summed E-state index contributed by atoms with van der Waals surface area (Å²) in [5.74, 6) is 2.08. The zero-order chi connectivity index (χ0) is 24.0. The number of carbonyl (C=O) groups is 1. The highest BCUT2D eigenvalue weighted by Gasteiger charge is 2.20. The molecule has 0 spiro atoms. The first kappa shape index (κ1) is 24.4. The SMILES string of the molecule is COc1ccc(C[C@H](NC(=O)Cc2c(C)nn(CC(C)C)c2C)c2ccc(OC)cc2)cc1. The van der Waals surface area contributed by atoms with Gasteiger partial charge in [-0.25, -0.2) is 0 Å². The Bertz CT molecular complexity index is 1050. The van der Waals surface area contributed by atoms with Crippen LogP contribution in [0.4, 0.5) is 0 Å². The summed E-state index contributed by atoms with van der Waals surface area (Å²) in [6.45, 7) is 9.21. The summed E-state index contributed by atoms with van der Waals surface area (Å²) >= 11 is 0. The lowest BCUT2D eigenvalue weighted by Gasteiger charge is -2.20. The van der Waals surface area contributed by atoms with E-state index in [-0.39, 0.29) is 11.9 Å². The van der Waals surface area contributed by atoms with Gasteiger partial charge in [0.2, 0.25) is 5.91 Å². The zero-order valence-electron chi connectivity index (χ0n) is 20.5. The van der Waals surface area contributed by atoms with Crippen molar-refractivity contribution >= 4 is 5.91 Å². The molecule has 0 saturated carbocycles. The molecule has 1 aromatic heterocycles. The highest BCUT2D eigenvalue weighted by atomic mass is 16.5. The van der Waals surface area contributed by atoms with E-state index < -0.39 is 0 Å². The smallest absolute Gasteiger partial charge is 0.225 e. The van der Waals surface area contributed by atoms with Crippen LogP contribution in [0.3, 0.4) is 0 Å². The van der Waals surface area contributed by atoms with E-state index in [1.165, 1.54) is 0 Å². The fourth-order valence-corrected chi connectivity index (χ4v) is 4.01. The van der Waals surface area contributed by atoms with Gasteiger partial charge in [0.05, 0.1) is 32.4 Å². The van der Waals surface area contributed by atoms with Gasteiger partial charge >= 0.3 is 0 Å². The monoisotopic (exact) mass is 449 g/mol. The third-order valence-electron chi connectivity index (χ3n) is 5.86. The lowest BCUT2D eigenvalue weighted by Crippen LogP contribution is -2.31. The number of benzene rings is 2. The number of nitrogens with zero attached hydrogens (tertiary/aromatic N) is 2. The summed E-state index contributed by atoms with van der Waals surface area (Å²) in [5, 5.41) is 7.91. The lowest BCUT2D eigenvalue weighted by atomic mass is 9.98. The minimum absolute atomic E-state index is 0.0142. The fourth-order valence-electron chi connectivity index (χ4n) is 4.01. The van der Waals surface area contributed by atoms with Gasteiger partial charge in [0, 0.05) is 17.8 Å². The van der Waals surface area contributed by atoms with Crippen LogP contribution in [-0.4, -0.2) is 29.9 Å². The van der Waals surface area contributed by atoms with Crippen molar-refractivity contribution in [2.24, 2.45) is 5.92 Å². The molecule has 0 aliphatic rings. The highest BCUT2D eigenvalue weighted by Crippen LogP contribution is 2.23. The predicted octanol–water partition coefficient (Wildman–Crippen LogP) is 4.82. The second kappa shape index (κ2) is 11.0. The standard InChI is InChI=1S/C27H35N3O3/c1-18(2)17-30-20(4)25(19(3)29-30)16-27(31)28-26(22-9-13-24(33-6)14-10-22)15-21-7-11-23(32-5)12-8-21/h7-14,18,26H,15-17H2,1-6H3,(H,28,31)/t26-/m0/s1.